The summed E-state index contributed by atoms with van der Waals surface area (Å²) in [4.78, 5) is 23.2. The van der Waals surface area contributed by atoms with Crippen molar-refractivity contribution < 1.29 is 9.72 Å². The molecule has 1 aromatic heterocycles. The molecular weight excluding hydrogens is 296 g/mol. The first kappa shape index (κ1) is 16.7. The third kappa shape index (κ3) is 3.39. The lowest BCUT2D eigenvalue weighted by Gasteiger charge is -2.17. The normalized spacial score (nSPS) is 12.0. The Bertz CT molecular complexity index is 735. The van der Waals surface area contributed by atoms with Crippen LogP contribution >= 0.6 is 0 Å². The zero-order chi connectivity index (χ0) is 17.1. The first-order valence-corrected chi connectivity index (χ1v) is 7.40. The van der Waals surface area contributed by atoms with Crippen LogP contribution in [0.4, 0.5) is 5.69 Å². The summed E-state index contributed by atoms with van der Waals surface area (Å²) in [6.07, 6.45) is 0.680. The molecule has 1 amide bonds. The van der Waals surface area contributed by atoms with Crippen LogP contribution in [-0.2, 0) is 7.05 Å². The Hall–Kier alpha value is -2.70. The summed E-state index contributed by atoms with van der Waals surface area (Å²) in [5.41, 5.74) is 2.05. The highest BCUT2D eigenvalue weighted by Crippen LogP contribution is 2.24. The molecular formula is C16H20N4O3. The molecule has 0 saturated carbocycles. The average Bonchev–Trinajstić information content (AvgIpc) is 2.80. The third-order valence-electron chi connectivity index (χ3n) is 3.78. The Morgan fingerprint density at radius 2 is 1.96 bits per heavy atom. The molecule has 2 rings (SSSR count). The smallest absolute Gasteiger partial charge is 0.322 e. The molecule has 1 N–H and O–H groups in total. The summed E-state index contributed by atoms with van der Waals surface area (Å²) in [6.45, 7) is 5.46. The zero-order valence-corrected chi connectivity index (χ0v) is 13.7. The minimum atomic E-state index is -0.565. The Morgan fingerprint density at radius 3 is 2.48 bits per heavy atom. The summed E-state index contributed by atoms with van der Waals surface area (Å²) in [7, 11) is 1.53. The molecule has 0 spiro atoms. The van der Waals surface area contributed by atoms with Crippen molar-refractivity contribution >= 4 is 11.6 Å². The summed E-state index contributed by atoms with van der Waals surface area (Å²) in [6, 6.07) is 7.64. The van der Waals surface area contributed by atoms with E-state index in [0.717, 1.165) is 11.1 Å². The minimum absolute atomic E-state index is 0.0296. The van der Waals surface area contributed by atoms with Crippen LogP contribution in [0.3, 0.4) is 0 Å². The number of aromatic nitrogens is 2. The number of hydrogen-bond acceptors (Lipinski definition) is 4. The van der Waals surface area contributed by atoms with Crippen LogP contribution in [0.2, 0.25) is 0 Å². The zero-order valence-electron chi connectivity index (χ0n) is 13.7. The number of carbonyl (C=O) groups excluding carboxylic acids is 1. The van der Waals surface area contributed by atoms with E-state index >= 15 is 0 Å². The van der Waals surface area contributed by atoms with Crippen molar-refractivity contribution in [2.45, 2.75) is 33.2 Å². The second kappa shape index (κ2) is 6.60. The topological polar surface area (TPSA) is 90.1 Å². The van der Waals surface area contributed by atoms with E-state index in [1.807, 2.05) is 38.1 Å². The molecule has 0 saturated heterocycles. The maximum absolute atomic E-state index is 12.5. The number of hydrogen-bond donors (Lipinski definition) is 1. The predicted octanol–water partition coefficient (Wildman–Crippen LogP) is 2.83. The molecule has 1 unspecified atom stereocenters. The van der Waals surface area contributed by atoms with Crippen molar-refractivity contribution in [2.24, 2.45) is 7.05 Å². The molecule has 0 bridgehead atoms. The van der Waals surface area contributed by atoms with E-state index in [-0.39, 0.29) is 23.1 Å². The molecule has 0 radical (unpaired) electrons. The van der Waals surface area contributed by atoms with Gasteiger partial charge in [-0.2, -0.15) is 5.10 Å². The van der Waals surface area contributed by atoms with Crippen LogP contribution in [0.1, 0.15) is 46.7 Å². The molecule has 7 nitrogen and oxygen atoms in total. The highest BCUT2D eigenvalue weighted by atomic mass is 16.6. The van der Waals surface area contributed by atoms with Gasteiger partial charge in [-0.05, 0) is 25.8 Å². The van der Waals surface area contributed by atoms with Crippen molar-refractivity contribution in [2.75, 3.05) is 0 Å². The lowest BCUT2D eigenvalue weighted by atomic mass is 10.0. The van der Waals surface area contributed by atoms with E-state index in [4.69, 9.17) is 0 Å². The highest BCUT2D eigenvalue weighted by molar-refractivity contribution is 5.97. The second-order valence-corrected chi connectivity index (χ2v) is 5.51. The van der Waals surface area contributed by atoms with E-state index in [1.165, 1.54) is 18.7 Å². The number of rotatable bonds is 5. The first-order valence-electron chi connectivity index (χ1n) is 7.40. The van der Waals surface area contributed by atoms with Crippen LogP contribution in [0.25, 0.3) is 0 Å². The molecule has 0 aliphatic heterocycles. The van der Waals surface area contributed by atoms with E-state index in [0.29, 0.717) is 6.42 Å². The van der Waals surface area contributed by atoms with Crippen LogP contribution in [0.15, 0.2) is 24.3 Å². The number of nitrogens with one attached hydrogen (secondary N) is 1. The number of amides is 1. The fourth-order valence-electron chi connectivity index (χ4n) is 2.57. The molecule has 2 aromatic rings. The van der Waals surface area contributed by atoms with E-state index in [2.05, 4.69) is 10.4 Å². The Labute approximate surface area is 134 Å². The Kier molecular flexibility index (Phi) is 4.78. The molecule has 0 aliphatic carbocycles. The lowest BCUT2D eigenvalue weighted by molar-refractivity contribution is -0.385. The first-order chi connectivity index (χ1) is 10.8. The van der Waals surface area contributed by atoms with Gasteiger partial charge in [0.1, 0.15) is 5.69 Å². The van der Waals surface area contributed by atoms with Gasteiger partial charge >= 0.3 is 5.69 Å². The van der Waals surface area contributed by atoms with Crippen molar-refractivity contribution in [3.05, 3.63) is 56.9 Å². The van der Waals surface area contributed by atoms with Gasteiger partial charge in [-0.25, -0.2) is 0 Å². The number of nitrogens with zero attached hydrogens (tertiary/aromatic N) is 3. The minimum Gasteiger partial charge on any atom is -0.344 e. The molecule has 0 aliphatic rings. The van der Waals surface area contributed by atoms with E-state index < -0.39 is 10.8 Å². The molecule has 7 heteroatoms. The van der Waals surface area contributed by atoms with Gasteiger partial charge in [0.05, 0.1) is 11.0 Å². The van der Waals surface area contributed by atoms with Gasteiger partial charge in [-0.3, -0.25) is 19.6 Å². The highest BCUT2D eigenvalue weighted by Gasteiger charge is 2.30. The van der Waals surface area contributed by atoms with Crippen LogP contribution < -0.4 is 5.32 Å². The predicted molar refractivity (Wildman–Crippen MR) is 86.3 cm³/mol. The third-order valence-corrected chi connectivity index (χ3v) is 3.78. The molecule has 0 fully saturated rings. The standard InChI is InChI=1S/C16H20N4O3/c1-5-13(12-8-6-10(2)7-9-12)17-16(21)15-14(20(22)23)11(3)18-19(15)4/h6-9,13H,5H2,1-4H3,(H,17,21). The number of carbonyl (C=O) groups is 1. The van der Waals surface area contributed by atoms with Gasteiger partial charge in [-0.15, -0.1) is 0 Å². The molecule has 1 atom stereocenters. The second-order valence-electron chi connectivity index (χ2n) is 5.51. The summed E-state index contributed by atoms with van der Waals surface area (Å²) in [5, 5.41) is 18.0. The van der Waals surface area contributed by atoms with E-state index in [1.54, 1.807) is 0 Å². The fraction of sp³-hybridized carbons (Fsp3) is 0.375. The summed E-state index contributed by atoms with van der Waals surface area (Å²) < 4.78 is 1.25. The van der Waals surface area contributed by atoms with Crippen molar-refractivity contribution in [3.63, 3.8) is 0 Å². The van der Waals surface area contributed by atoms with Gasteiger partial charge in [0.15, 0.2) is 0 Å². The van der Waals surface area contributed by atoms with Crippen molar-refractivity contribution in [1.82, 2.24) is 15.1 Å². The SMILES string of the molecule is CCC(NC(=O)c1c([N+](=O)[O-])c(C)nn1C)c1ccc(C)cc1. The van der Waals surface area contributed by atoms with E-state index in [9.17, 15) is 14.9 Å². The van der Waals surface area contributed by atoms with Crippen LogP contribution in [0, 0.1) is 24.0 Å². The van der Waals surface area contributed by atoms with Crippen LogP contribution in [0.5, 0.6) is 0 Å². The number of aryl methyl sites for hydroxylation is 3. The maximum Gasteiger partial charge on any atom is 0.322 e. The van der Waals surface area contributed by atoms with Gasteiger partial charge in [-0.1, -0.05) is 36.8 Å². The molecule has 122 valence electrons. The van der Waals surface area contributed by atoms with Gasteiger partial charge in [0.2, 0.25) is 5.69 Å². The summed E-state index contributed by atoms with van der Waals surface area (Å²) in [5.74, 6) is -0.493. The lowest BCUT2D eigenvalue weighted by Crippen LogP contribution is -2.30. The molecule has 23 heavy (non-hydrogen) atoms. The largest absolute Gasteiger partial charge is 0.344 e. The van der Waals surface area contributed by atoms with Gasteiger partial charge in [0, 0.05) is 7.05 Å². The average molecular weight is 316 g/mol. The van der Waals surface area contributed by atoms with Crippen LogP contribution in [-0.4, -0.2) is 20.6 Å². The maximum atomic E-state index is 12.5. The number of nitro groups is 1. The molecule has 1 aromatic carbocycles. The quantitative estimate of drug-likeness (QED) is 0.678. The fourth-order valence-corrected chi connectivity index (χ4v) is 2.57. The monoisotopic (exact) mass is 316 g/mol. The Morgan fingerprint density at radius 1 is 1.35 bits per heavy atom. The molecule has 1 heterocycles. The Balaban J connectivity index is 2.30. The summed E-state index contributed by atoms with van der Waals surface area (Å²) >= 11 is 0. The number of benzene rings is 1. The van der Waals surface area contributed by atoms with Gasteiger partial charge in [0.25, 0.3) is 5.91 Å². The van der Waals surface area contributed by atoms with Crippen molar-refractivity contribution in [1.29, 1.82) is 0 Å². The van der Waals surface area contributed by atoms with Crippen molar-refractivity contribution in [3.8, 4) is 0 Å². The van der Waals surface area contributed by atoms with Gasteiger partial charge < -0.3 is 5.32 Å².